The number of benzene rings is 2. The molecule has 0 heterocycles. The Morgan fingerprint density at radius 2 is 1.66 bits per heavy atom. The molecular formula is C28H30N2O5. The molecule has 2 aliphatic carbocycles. The molecule has 0 bridgehead atoms. The van der Waals surface area contributed by atoms with Crippen molar-refractivity contribution in [1.29, 1.82) is 0 Å². The molecule has 2 amide bonds. The summed E-state index contributed by atoms with van der Waals surface area (Å²) in [5, 5.41) is 12.0. The maximum absolute atomic E-state index is 13.0. The number of ether oxygens (including phenoxy) is 1. The SMILES string of the molecule is C#CCN(CC(=O)O)C(=O)C1CCCCC1CNC(=O)OCC1c2ccccc2-c2ccccc21. The van der Waals surface area contributed by atoms with Gasteiger partial charge < -0.3 is 20.1 Å². The molecule has 1 saturated carbocycles. The predicted molar refractivity (Wildman–Crippen MR) is 132 cm³/mol. The van der Waals surface area contributed by atoms with Gasteiger partial charge in [0.05, 0.1) is 6.54 Å². The first-order valence-electron chi connectivity index (χ1n) is 12.0. The number of terminal acetylenes is 1. The van der Waals surface area contributed by atoms with Crippen LogP contribution in [0.4, 0.5) is 4.79 Å². The molecule has 2 aliphatic rings. The maximum atomic E-state index is 13.0. The van der Waals surface area contributed by atoms with Gasteiger partial charge >= 0.3 is 12.1 Å². The first kappa shape index (κ1) is 24.3. The number of carbonyl (C=O) groups excluding carboxylic acids is 2. The number of carboxylic acid groups (broad SMARTS) is 1. The summed E-state index contributed by atoms with van der Waals surface area (Å²) in [6.45, 7) is 0.0473. The van der Waals surface area contributed by atoms with Crippen molar-refractivity contribution in [3.63, 3.8) is 0 Å². The molecule has 7 heteroatoms. The molecule has 7 nitrogen and oxygen atoms in total. The lowest BCUT2D eigenvalue weighted by molar-refractivity contribution is -0.147. The lowest BCUT2D eigenvalue weighted by atomic mass is 9.78. The maximum Gasteiger partial charge on any atom is 0.407 e. The van der Waals surface area contributed by atoms with Gasteiger partial charge in [0.1, 0.15) is 13.2 Å². The van der Waals surface area contributed by atoms with E-state index in [9.17, 15) is 14.4 Å². The number of amides is 2. The van der Waals surface area contributed by atoms with Crippen molar-refractivity contribution >= 4 is 18.0 Å². The van der Waals surface area contributed by atoms with Crippen LogP contribution in [0, 0.1) is 24.2 Å². The molecular weight excluding hydrogens is 444 g/mol. The summed E-state index contributed by atoms with van der Waals surface area (Å²) in [5.74, 6) is 0.524. The van der Waals surface area contributed by atoms with Crippen molar-refractivity contribution in [3.05, 3.63) is 59.7 Å². The smallest absolute Gasteiger partial charge is 0.407 e. The van der Waals surface area contributed by atoms with E-state index in [-0.39, 0.29) is 36.8 Å². The molecule has 0 saturated heterocycles. The molecule has 182 valence electrons. The van der Waals surface area contributed by atoms with Gasteiger partial charge in [0, 0.05) is 18.4 Å². The normalized spacial score (nSPS) is 18.6. The van der Waals surface area contributed by atoms with Crippen LogP contribution in [-0.4, -0.2) is 54.2 Å². The number of carboxylic acids is 1. The van der Waals surface area contributed by atoms with E-state index >= 15 is 0 Å². The van der Waals surface area contributed by atoms with E-state index < -0.39 is 18.6 Å². The number of carbonyl (C=O) groups is 3. The first-order chi connectivity index (χ1) is 17.0. The van der Waals surface area contributed by atoms with Gasteiger partial charge in [0.25, 0.3) is 0 Å². The molecule has 1 fully saturated rings. The lowest BCUT2D eigenvalue weighted by Crippen LogP contribution is -2.45. The second kappa shape index (κ2) is 11.1. The number of hydrogen-bond donors (Lipinski definition) is 2. The summed E-state index contributed by atoms with van der Waals surface area (Å²) in [4.78, 5) is 38.0. The molecule has 0 radical (unpaired) electrons. The van der Waals surface area contributed by atoms with Gasteiger partial charge in [-0.05, 0) is 41.0 Å². The van der Waals surface area contributed by atoms with Gasteiger partial charge in [0.2, 0.25) is 5.91 Å². The number of hydrogen-bond acceptors (Lipinski definition) is 4. The number of alkyl carbamates (subject to hydrolysis) is 1. The molecule has 2 aromatic carbocycles. The minimum absolute atomic E-state index is 0.0227. The highest BCUT2D eigenvalue weighted by Gasteiger charge is 2.35. The van der Waals surface area contributed by atoms with E-state index in [1.165, 1.54) is 16.0 Å². The molecule has 2 atom stereocenters. The Balaban J connectivity index is 1.35. The third-order valence-electron chi connectivity index (χ3n) is 7.00. The van der Waals surface area contributed by atoms with Crippen molar-refractivity contribution in [2.45, 2.75) is 31.6 Å². The van der Waals surface area contributed by atoms with Gasteiger partial charge in [-0.25, -0.2) is 4.79 Å². The first-order valence-corrected chi connectivity index (χ1v) is 12.0. The fourth-order valence-electron chi connectivity index (χ4n) is 5.36. The van der Waals surface area contributed by atoms with Gasteiger partial charge in [0.15, 0.2) is 0 Å². The van der Waals surface area contributed by atoms with Crippen LogP contribution in [0.15, 0.2) is 48.5 Å². The topological polar surface area (TPSA) is 95.9 Å². The fourth-order valence-corrected chi connectivity index (χ4v) is 5.36. The number of fused-ring (bicyclic) bond motifs is 3. The average Bonchev–Trinajstić information content (AvgIpc) is 3.19. The number of rotatable bonds is 8. The van der Waals surface area contributed by atoms with E-state index in [4.69, 9.17) is 16.3 Å². The minimum Gasteiger partial charge on any atom is -0.480 e. The van der Waals surface area contributed by atoms with Crippen LogP contribution < -0.4 is 5.32 Å². The fraction of sp³-hybridized carbons (Fsp3) is 0.393. The van der Waals surface area contributed by atoms with Gasteiger partial charge in [-0.3, -0.25) is 9.59 Å². The molecule has 2 aromatic rings. The monoisotopic (exact) mass is 474 g/mol. The van der Waals surface area contributed by atoms with Crippen LogP contribution >= 0.6 is 0 Å². The van der Waals surface area contributed by atoms with Crippen LogP contribution in [0.25, 0.3) is 11.1 Å². The largest absolute Gasteiger partial charge is 0.480 e. The Hall–Kier alpha value is -3.79. The zero-order valence-corrected chi connectivity index (χ0v) is 19.6. The Morgan fingerprint density at radius 1 is 1.03 bits per heavy atom. The molecule has 2 unspecified atom stereocenters. The minimum atomic E-state index is -1.10. The highest BCUT2D eigenvalue weighted by molar-refractivity contribution is 5.84. The Labute approximate surface area is 205 Å². The summed E-state index contributed by atoms with van der Waals surface area (Å²) in [7, 11) is 0. The van der Waals surface area contributed by atoms with Gasteiger partial charge in [-0.1, -0.05) is 67.3 Å². The van der Waals surface area contributed by atoms with Crippen LogP contribution in [-0.2, 0) is 14.3 Å². The molecule has 4 rings (SSSR count). The summed E-state index contributed by atoms with van der Waals surface area (Å²) in [6.07, 6.45) is 8.08. The number of aliphatic carboxylic acids is 1. The van der Waals surface area contributed by atoms with Gasteiger partial charge in [-0.2, -0.15) is 0 Å². The van der Waals surface area contributed by atoms with Crippen LogP contribution in [0.5, 0.6) is 0 Å². The highest BCUT2D eigenvalue weighted by Crippen LogP contribution is 2.44. The number of nitrogens with zero attached hydrogens (tertiary/aromatic N) is 1. The van der Waals surface area contributed by atoms with Crippen LogP contribution in [0.1, 0.15) is 42.7 Å². The quantitative estimate of drug-likeness (QED) is 0.566. The third kappa shape index (κ3) is 5.48. The molecule has 0 aliphatic heterocycles. The van der Waals surface area contributed by atoms with Crippen LogP contribution in [0.2, 0.25) is 0 Å². The van der Waals surface area contributed by atoms with E-state index in [2.05, 4.69) is 35.5 Å². The van der Waals surface area contributed by atoms with Crippen molar-refractivity contribution in [1.82, 2.24) is 10.2 Å². The Morgan fingerprint density at radius 3 is 2.29 bits per heavy atom. The Kier molecular flexibility index (Phi) is 7.71. The van der Waals surface area contributed by atoms with Crippen molar-refractivity contribution in [3.8, 4) is 23.5 Å². The summed E-state index contributed by atoms with van der Waals surface area (Å²) < 4.78 is 5.62. The zero-order chi connectivity index (χ0) is 24.8. The second-order valence-electron chi connectivity index (χ2n) is 9.15. The van der Waals surface area contributed by atoms with Crippen molar-refractivity contribution in [2.75, 3.05) is 26.2 Å². The average molecular weight is 475 g/mol. The van der Waals surface area contributed by atoms with Crippen molar-refractivity contribution in [2.24, 2.45) is 11.8 Å². The second-order valence-corrected chi connectivity index (χ2v) is 9.15. The predicted octanol–water partition coefficient (Wildman–Crippen LogP) is 3.88. The summed E-state index contributed by atoms with van der Waals surface area (Å²) in [6, 6.07) is 16.3. The zero-order valence-electron chi connectivity index (χ0n) is 19.6. The van der Waals surface area contributed by atoms with Crippen LogP contribution in [0.3, 0.4) is 0 Å². The summed E-state index contributed by atoms with van der Waals surface area (Å²) in [5.41, 5.74) is 4.62. The van der Waals surface area contributed by atoms with E-state index in [0.29, 0.717) is 13.0 Å². The molecule has 0 spiro atoms. The standard InChI is InChI=1S/C28H30N2O5/c1-2-15-30(17-26(31)32)27(33)20-10-4-3-9-19(20)16-29-28(34)35-18-25-23-13-7-5-11-21(23)22-12-6-8-14-24(22)25/h1,5-8,11-14,19-20,25H,3-4,9-10,15-18H2,(H,29,34)(H,31,32). The third-order valence-corrected chi connectivity index (χ3v) is 7.00. The lowest BCUT2D eigenvalue weighted by Gasteiger charge is -2.33. The highest BCUT2D eigenvalue weighted by atomic mass is 16.5. The van der Waals surface area contributed by atoms with Gasteiger partial charge in [-0.15, -0.1) is 6.42 Å². The van der Waals surface area contributed by atoms with E-state index in [1.54, 1.807) is 0 Å². The van der Waals surface area contributed by atoms with E-state index in [1.807, 2.05) is 24.3 Å². The Bertz CT molecular complexity index is 1090. The van der Waals surface area contributed by atoms with Crippen molar-refractivity contribution < 1.29 is 24.2 Å². The molecule has 2 N–H and O–H groups in total. The number of nitrogens with one attached hydrogen (secondary N) is 1. The molecule has 0 aromatic heterocycles. The van der Waals surface area contributed by atoms with E-state index in [0.717, 1.165) is 30.4 Å². The summed E-state index contributed by atoms with van der Waals surface area (Å²) >= 11 is 0. The molecule has 35 heavy (non-hydrogen) atoms.